The fraction of sp³-hybridized carbons (Fsp3) is 0.308. The van der Waals surface area contributed by atoms with Crippen molar-refractivity contribution in [3.05, 3.63) is 51.4 Å². The Balaban J connectivity index is 2.16. The molecule has 2 aromatic rings. The molecule has 1 atom stereocenters. The van der Waals surface area contributed by atoms with E-state index in [1.807, 2.05) is 29.8 Å². The lowest BCUT2D eigenvalue weighted by atomic mass is 10.0. The minimum absolute atomic E-state index is 0.282. The Bertz CT molecular complexity index is 456. The van der Waals surface area contributed by atoms with Crippen molar-refractivity contribution in [2.45, 2.75) is 19.4 Å². The first-order valence-electron chi connectivity index (χ1n) is 5.67. The molecule has 2 rings (SSSR count). The quantitative estimate of drug-likeness (QED) is 0.893. The topological polar surface area (TPSA) is 24.9 Å². The van der Waals surface area contributed by atoms with Crippen LogP contribution in [0.2, 0.25) is 5.02 Å². The molecule has 0 fully saturated rings. The molecule has 0 aliphatic carbocycles. The van der Waals surface area contributed by atoms with E-state index < -0.39 is 0 Å². The van der Waals surface area contributed by atoms with Crippen molar-refractivity contribution in [1.29, 1.82) is 0 Å². The number of hydrogen-bond acceptors (Lipinski definition) is 3. The van der Waals surface area contributed by atoms with Crippen LogP contribution in [0.5, 0.6) is 0 Å². The summed E-state index contributed by atoms with van der Waals surface area (Å²) in [5, 5.41) is 7.41. The van der Waals surface area contributed by atoms with Crippen LogP contribution in [0.3, 0.4) is 0 Å². The summed E-state index contributed by atoms with van der Waals surface area (Å²) in [7, 11) is 0. The van der Waals surface area contributed by atoms with E-state index in [2.05, 4.69) is 23.3 Å². The zero-order valence-electron chi connectivity index (χ0n) is 9.69. The summed E-state index contributed by atoms with van der Waals surface area (Å²) in [6.45, 7) is 3.04. The zero-order valence-corrected chi connectivity index (χ0v) is 11.3. The average molecular weight is 267 g/mol. The van der Waals surface area contributed by atoms with E-state index >= 15 is 0 Å². The molecule has 1 aromatic carbocycles. The number of hydrogen-bond donors (Lipinski definition) is 1. The van der Waals surface area contributed by atoms with Crippen molar-refractivity contribution in [2.75, 3.05) is 6.54 Å². The van der Waals surface area contributed by atoms with Crippen LogP contribution in [0.15, 0.2) is 35.8 Å². The molecule has 0 aliphatic heterocycles. The maximum atomic E-state index is 6.03. The van der Waals surface area contributed by atoms with E-state index in [4.69, 9.17) is 11.6 Å². The van der Waals surface area contributed by atoms with Crippen LogP contribution >= 0.6 is 22.9 Å². The second-order valence-electron chi connectivity index (χ2n) is 3.80. The van der Waals surface area contributed by atoms with Gasteiger partial charge in [-0.05, 0) is 24.2 Å². The Morgan fingerprint density at radius 1 is 1.47 bits per heavy atom. The summed E-state index contributed by atoms with van der Waals surface area (Å²) in [6.07, 6.45) is 2.76. The monoisotopic (exact) mass is 266 g/mol. The highest BCUT2D eigenvalue weighted by molar-refractivity contribution is 7.09. The van der Waals surface area contributed by atoms with Gasteiger partial charge in [0.25, 0.3) is 0 Å². The van der Waals surface area contributed by atoms with Crippen molar-refractivity contribution in [2.24, 2.45) is 0 Å². The molecule has 1 heterocycles. The van der Waals surface area contributed by atoms with Gasteiger partial charge in [-0.15, -0.1) is 11.3 Å². The summed E-state index contributed by atoms with van der Waals surface area (Å²) in [5.74, 6) is 0. The van der Waals surface area contributed by atoms with E-state index in [1.165, 1.54) is 5.56 Å². The first-order chi connectivity index (χ1) is 8.29. The van der Waals surface area contributed by atoms with E-state index in [-0.39, 0.29) is 6.04 Å². The van der Waals surface area contributed by atoms with Gasteiger partial charge in [-0.25, -0.2) is 4.98 Å². The van der Waals surface area contributed by atoms with Gasteiger partial charge < -0.3 is 5.32 Å². The predicted molar refractivity (Wildman–Crippen MR) is 73.7 cm³/mol. The largest absolute Gasteiger partial charge is 0.310 e. The minimum Gasteiger partial charge on any atom is -0.310 e. The fourth-order valence-corrected chi connectivity index (χ4v) is 2.67. The van der Waals surface area contributed by atoms with Crippen molar-refractivity contribution in [3.63, 3.8) is 0 Å². The summed E-state index contributed by atoms with van der Waals surface area (Å²) >= 11 is 7.72. The number of nitrogens with zero attached hydrogens (tertiary/aromatic N) is 1. The summed E-state index contributed by atoms with van der Waals surface area (Å²) in [5.41, 5.74) is 1.22. The highest BCUT2D eigenvalue weighted by Crippen LogP contribution is 2.22. The molecule has 0 aliphatic rings. The number of rotatable bonds is 5. The first-order valence-corrected chi connectivity index (χ1v) is 6.92. The first kappa shape index (κ1) is 12.6. The molecule has 0 saturated carbocycles. The summed E-state index contributed by atoms with van der Waals surface area (Å²) < 4.78 is 0. The maximum absolute atomic E-state index is 6.03. The number of likely N-dealkylation sites (N-methyl/N-ethyl adjacent to an activating group) is 1. The molecular weight excluding hydrogens is 252 g/mol. The van der Waals surface area contributed by atoms with Crippen LogP contribution in [-0.4, -0.2) is 11.5 Å². The molecule has 0 saturated heterocycles. The van der Waals surface area contributed by atoms with Gasteiger partial charge in [-0.1, -0.05) is 30.7 Å². The summed E-state index contributed by atoms with van der Waals surface area (Å²) in [6, 6.07) is 8.29. The zero-order chi connectivity index (χ0) is 12.1. The van der Waals surface area contributed by atoms with Gasteiger partial charge in [-0.2, -0.15) is 0 Å². The average Bonchev–Trinajstić information content (AvgIpc) is 2.81. The van der Waals surface area contributed by atoms with Crippen molar-refractivity contribution >= 4 is 22.9 Å². The van der Waals surface area contributed by atoms with Crippen LogP contribution in [-0.2, 0) is 6.42 Å². The molecule has 0 amide bonds. The molecule has 2 nitrogen and oxygen atoms in total. The fourth-order valence-electron chi connectivity index (χ4n) is 1.81. The predicted octanol–water partition coefficient (Wildman–Crippen LogP) is 3.69. The van der Waals surface area contributed by atoms with Gasteiger partial charge in [0.15, 0.2) is 0 Å². The lowest BCUT2D eigenvalue weighted by Gasteiger charge is -2.17. The molecule has 1 N–H and O–H groups in total. The Labute approximate surface area is 111 Å². The van der Waals surface area contributed by atoms with E-state index in [9.17, 15) is 0 Å². The lowest BCUT2D eigenvalue weighted by molar-refractivity contribution is 0.548. The minimum atomic E-state index is 0.282. The molecule has 0 radical (unpaired) electrons. The molecule has 4 heteroatoms. The van der Waals surface area contributed by atoms with E-state index in [0.29, 0.717) is 0 Å². The second kappa shape index (κ2) is 6.15. The highest BCUT2D eigenvalue weighted by Gasteiger charge is 2.12. The molecule has 0 bridgehead atoms. The Morgan fingerprint density at radius 3 is 3.00 bits per heavy atom. The van der Waals surface area contributed by atoms with Crippen LogP contribution in [0.4, 0.5) is 0 Å². The van der Waals surface area contributed by atoms with E-state index in [1.54, 1.807) is 11.3 Å². The molecule has 90 valence electrons. The van der Waals surface area contributed by atoms with Crippen molar-refractivity contribution in [3.8, 4) is 0 Å². The van der Waals surface area contributed by atoms with Gasteiger partial charge in [-0.3, -0.25) is 0 Å². The second-order valence-corrected chi connectivity index (χ2v) is 5.21. The van der Waals surface area contributed by atoms with Crippen LogP contribution in [0, 0.1) is 0 Å². The van der Waals surface area contributed by atoms with Crippen molar-refractivity contribution in [1.82, 2.24) is 10.3 Å². The van der Waals surface area contributed by atoms with Gasteiger partial charge >= 0.3 is 0 Å². The molecule has 1 unspecified atom stereocenters. The molecule has 0 spiro atoms. The third-order valence-corrected chi connectivity index (χ3v) is 3.60. The Morgan fingerprint density at radius 2 is 2.35 bits per heavy atom. The van der Waals surface area contributed by atoms with Crippen LogP contribution in [0.1, 0.15) is 23.5 Å². The van der Waals surface area contributed by atoms with Gasteiger partial charge in [0.1, 0.15) is 0 Å². The number of halogens is 1. The van der Waals surface area contributed by atoms with Gasteiger partial charge in [0.05, 0.1) is 5.01 Å². The molecule has 17 heavy (non-hydrogen) atoms. The molecular formula is C13H15ClN2S. The van der Waals surface area contributed by atoms with Crippen LogP contribution in [0.25, 0.3) is 0 Å². The van der Waals surface area contributed by atoms with Gasteiger partial charge in [0.2, 0.25) is 0 Å². The van der Waals surface area contributed by atoms with Crippen molar-refractivity contribution < 1.29 is 0 Å². The number of benzene rings is 1. The van der Waals surface area contributed by atoms with Crippen LogP contribution < -0.4 is 5.32 Å². The third-order valence-electron chi connectivity index (χ3n) is 2.56. The number of thiazole rings is 1. The smallest absolute Gasteiger partial charge is 0.0943 e. The standard InChI is InChI=1S/C13H15ClN2S/c1-2-15-12(9-13-16-6-7-17-13)10-4-3-5-11(14)8-10/h3-8,12,15H,2,9H2,1H3. The highest BCUT2D eigenvalue weighted by atomic mass is 35.5. The third kappa shape index (κ3) is 3.53. The Hall–Kier alpha value is -0.900. The van der Waals surface area contributed by atoms with E-state index in [0.717, 1.165) is 23.0 Å². The summed E-state index contributed by atoms with van der Waals surface area (Å²) in [4.78, 5) is 4.33. The number of aromatic nitrogens is 1. The Kier molecular flexibility index (Phi) is 4.54. The van der Waals surface area contributed by atoms with Gasteiger partial charge in [0, 0.05) is 29.1 Å². The normalized spacial score (nSPS) is 12.6. The number of nitrogens with one attached hydrogen (secondary N) is 1. The SMILES string of the molecule is CCNC(Cc1nccs1)c1cccc(Cl)c1. The maximum Gasteiger partial charge on any atom is 0.0943 e. The lowest BCUT2D eigenvalue weighted by Crippen LogP contribution is -2.22. The molecule has 1 aromatic heterocycles.